The van der Waals surface area contributed by atoms with E-state index in [2.05, 4.69) is 4.99 Å². The molecule has 3 aromatic rings. The summed E-state index contributed by atoms with van der Waals surface area (Å²) < 4.78 is 35.8. The standard InChI is InChI=1S/C21H17Cl2NO4S/c1-2-27-19-8-6-18(7-9-19)24-14-15-13-17(23)5-12-21(15)28-29(25,26)20-10-3-16(22)4-11-20/h3-14H,2H2,1H3. The minimum absolute atomic E-state index is 0.00810. The van der Waals surface area contributed by atoms with Gasteiger partial charge in [-0.15, -0.1) is 0 Å². The molecule has 150 valence electrons. The van der Waals surface area contributed by atoms with Gasteiger partial charge in [0.2, 0.25) is 0 Å². The number of rotatable bonds is 7. The highest BCUT2D eigenvalue weighted by molar-refractivity contribution is 7.87. The first kappa shape index (κ1) is 21.2. The number of benzene rings is 3. The molecule has 0 atom stereocenters. The molecule has 0 fully saturated rings. The third-order valence-electron chi connectivity index (χ3n) is 3.77. The SMILES string of the molecule is CCOc1ccc(N=Cc2cc(Cl)ccc2OS(=O)(=O)c2ccc(Cl)cc2)cc1. The molecule has 0 aliphatic rings. The Morgan fingerprint density at radius 2 is 1.59 bits per heavy atom. The predicted octanol–water partition coefficient (Wildman–Crippen LogP) is 5.91. The number of halogens is 2. The van der Waals surface area contributed by atoms with E-state index in [9.17, 15) is 8.42 Å². The van der Waals surface area contributed by atoms with Gasteiger partial charge in [0.1, 0.15) is 10.6 Å². The summed E-state index contributed by atoms with van der Waals surface area (Å²) in [6.07, 6.45) is 1.49. The van der Waals surface area contributed by atoms with Crippen LogP contribution in [0.5, 0.6) is 11.5 Å². The van der Waals surface area contributed by atoms with Crippen LogP contribution in [0.3, 0.4) is 0 Å². The van der Waals surface area contributed by atoms with Crippen molar-refractivity contribution in [2.24, 2.45) is 4.99 Å². The van der Waals surface area contributed by atoms with Gasteiger partial charge in [0.05, 0.1) is 12.3 Å². The fraction of sp³-hybridized carbons (Fsp3) is 0.0952. The summed E-state index contributed by atoms with van der Waals surface area (Å²) in [5.74, 6) is 0.853. The average molecular weight is 450 g/mol. The minimum atomic E-state index is -4.04. The Morgan fingerprint density at radius 3 is 2.24 bits per heavy atom. The third kappa shape index (κ3) is 5.73. The fourth-order valence-electron chi connectivity index (χ4n) is 2.40. The second-order valence-electron chi connectivity index (χ2n) is 5.86. The molecule has 0 unspecified atom stereocenters. The van der Waals surface area contributed by atoms with Crippen LogP contribution in [0.15, 0.2) is 76.6 Å². The zero-order valence-corrected chi connectivity index (χ0v) is 17.7. The molecule has 0 amide bonds. The molecule has 3 rings (SSSR count). The van der Waals surface area contributed by atoms with Crippen LogP contribution in [-0.4, -0.2) is 21.2 Å². The molecule has 0 heterocycles. The zero-order valence-electron chi connectivity index (χ0n) is 15.4. The highest BCUT2D eigenvalue weighted by Gasteiger charge is 2.18. The molecule has 0 saturated heterocycles. The molecule has 0 aliphatic heterocycles. The lowest BCUT2D eigenvalue weighted by Gasteiger charge is -2.10. The number of nitrogens with zero attached hydrogens (tertiary/aromatic N) is 1. The van der Waals surface area contributed by atoms with Crippen molar-refractivity contribution < 1.29 is 17.3 Å². The van der Waals surface area contributed by atoms with E-state index in [4.69, 9.17) is 32.1 Å². The molecule has 0 bridgehead atoms. The van der Waals surface area contributed by atoms with Crippen molar-refractivity contribution >= 4 is 45.2 Å². The molecule has 8 heteroatoms. The van der Waals surface area contributed by atoms with Gasteiger partial charge in [-0.2, -0.15) is 8.42 Å². The smallest absolute Gasteiger partial charge is 0.339 e. The summed E-state index contributed by atoms with van der Waals surface area (Å²) in [5.41, 5.74) is 1.09. The Balaban J connectivity index is 1.86. The number of aliphatic imine (C=N–C) groups is 1. The summed E-state index contributed by atoms with van der Waals surface area (Å²) in [6.45, 7) is 2.48. The average Bonchev–Trinajstić information content (AvgIpc) is 2.70. The van der Waals surface area contributed by atoms with Crippen LogP contribution in [0.25, 0.3) is 0 Å². The van der Waals surface area contributed by atoms with E-state index in [0.717, 1.165) is 5.75 Å². The van der Waals surface area contributed by atoms with E-state index in [-0.39, 0.29) is 10.6 Å². The van der Waals surface area contributed by atoms with E-state index >= 15 is 0 Å². The van der Waals surface area contributed by atoms with Crippen molar-refractivity contribution in [2.45, 2.75) is 11.8 Å². The number of hydrogen-bond donors (Lipinski definition) is 0. The lowest BCUT2D eigenvalue weighted by atomic mass is 10.2. The molecule has 0 N–H and O–H groups in total. The van der Waals surface area contributed by atoms with Gasteiger partial charge in [0.25, 0.3) is 0 Å². The molecule has 0 radical (unpaired) electrons. The summed E-state index contributed by atoms with van der Waals surface area (Å²) in [4.78, 5) is 4.35. The van der Waals surface area contributed by atoms with Gasteiger partial charge in [-0.1, -0.05) is 23.2 Å². The van der Waals surface area contributed by atoms with Crippen LogP contribution in [-0.2, 0) is 10.1 Å². The monoisotopic (exact) mass is 449 g/mol. The van der Waals surface area contributed by atoms with Crippen molar-refractivity contribution in [1.29, 1.82) is 0 Å². The zero-order chi connectivity index (χ0) is 20.9. The first-order chi connectivity index (χ1) is 13.9. The Morgan fingerprint density at radius 1 is 0.931 bits per heavy atom. The van der Waals surface area contributed by atoms with Crippen LogP contribution >= 0.6 is 23.2 Å². The number of ether oxygens (including phenoxy) is 1. The van der Waals surface area contributed by atoms with Crippen molar-refractivity contribution in [3.63, 3.8) is 0 Å². The van der Waals surface area contributed by atoms with Gasteiger partial charge < -0.3 is 8.92 Å². The first-order valence-electron chi connectivity index (χ1n) is 8.64. The van der Waals surface area contributed by atoms with Gasteiger partial charge in [0, 0.05) is 21.8 Å². The Hall–Kier alpha value is -2.54. The predicted molar refractivity (Wildman–Crippen MR) is 116 cm³/mol. The lowest BCUT2D eigenvalue weighted by Crippen LogP contribution is -2.10. The van der Waals surface area contributed by atoms with E-state index in [0.29, 0.717) is 27.9 Å². The molecule has 3 aromatic carbocycles. The molecular formula is C21H17Cl2NO4S. The Labute approximate surface area is 179 Å². The van der Waals surface area contributed by atoms with Gasteiger partial charge >= 0.3 is 10.1 Å². The lowest BCUT2D eigenvalue weighted by molar-refractivity contribution is 0.340. The van der Waals surface area contributed by atoms with Crippen LogP contribution in [0.4, 0.5) is 5.69 Å². The van der Waals surface area contributed by atoms with Crippen molar-refractivity contribution in [1.82, 2.24) is 0 Å². The second kappa shape index (κ2) is 9.31. The summed E-state index contributed by atoms with van der Waals surface area (Å²) in [5, 5.41) is 0.855. The largest absolute Gasteiger partial charge is 0.494 e. The first-order valence-corrected chi connectivity index (χ1v) is 10.8. The topological polar surface area (TPSA) is 65.0 Å². The van der Waals surface area contributed by atoms with Crippen molar-refractivity contribution in [3.05, 3.63) is 82.3 Å². The van der Waals surface area contributed by atoms with E-state index in [1.807, 2.05) is 6.92 Å². The molecule has 0 aromatic heterocycles. The summed E-state index contributed by atoms with van der Waals surface area (Å²) in [6, 6.07) is 17.5. The normalized spacial score (nSPS) is 11.6. The second-order valence-corrected chi connectivity index (χ2v) is 8.28. The highest BCUT2D eigenvalue weighted by atomic mass is 35.5. The van der Waals surface area contributed by atoms with E-state index in [1.54, 1.807) is 36.4 Å². The molecule has 5 nitrogen and oxygen atoms in total. The maximum Gasteiger partial charge on any atom is 0.339 e. The van der Waals surface area contributed by atoms with Crippen LogP contribution in [0.2, 0.25) is 10.0 Å². The molecule has 0 aliphatic carbocycles. The fourth-order valence-corrected chi connectivity index (χ4v) is 3.66. The van der Waals surface area contributed by atoms with Gasteiger partial charge in [-0.25, -0.2) is 0 Å². The van der Waals surface area contributed by atoms with Crippen LogP contribution in [0, 0.1) is 0 Å². The third-order valence-corrected chi connectivity index (χ3v) is 5.51. The summed E-state index contributed by atoms with van der Waals surface area (Å²) in [7, 11) is -4.04. The maximum absolute atomic E-state index is 12.6. The van der Waals surface area contributed by atoms with Crippen LogP contribution < -0.4 is 8.92 Å². The van der Waals surface area contributed by atoms with Gasteiger partial charge in [-0.3, -0.25) is 4.99 Å². The van der Waals surface area contributed by atoms with Crippen molar-refractivity contribution in [3.8, 4) is 11.5 Å². The molecule has 0 saturated carbocycles. The molecular weight excluding hydrogens is 433 g/mol. The van der Waals surface area contributed by atoms with E-state index < -0.39 is 10.1 Å². The van der Waals surface area contributed by atoms with Gasteiger partial charge in [-0.05, 0) is 73.7 Å². The van der Waals surface area contributed by atoms with E-state index in [1.165, 1.54) is 36.5 Å². The highest BCUT2D eigenvalue weighted by Crippen LogP contribution is 2.27. The maximum atomic E-state index is 12.6. The minimum Gasteiger partial charge on any atom is -0.494 e. The Bertz CT molecular complexity index is 1110. The Kier molecular flexibility index (Phi) is 6.79. The quantitative estimate of drug-likeness (QED) is 0.332. The summed E-state index contributed by atoms with van der Waals surface area (Å²) >= 11 is 11.9. The molecule has 29 heavy (non-hydrogen) atoms. The van der Waals surface area contributed by atoms with Crippen molar-refractivity contribution in [2.75, 3.05) is 6.61 Å². The van der Waals surface area contributed by atoms with Gasteiger partial charge in [0.15, 0.2) is 5.75 Å². The van der Waals surface area contributed by atoms with Crippen LogP contribution in [0.1, 0.15) is 12.5 Å². The molecule has 0 spiro atoms. The number of hydrogen-bond acceptors (Lipinski definition) is 5.